The summed E-state index contributed by atoms with van der Waals surface area (Å²) in [5, 5.41) is 3.92. The van der Waals surface area contributed by atoms with Crippen molar-refractivity contribution in [2.24, 2.45) is 5.10 Å². The van der Waals surface area contributed by atoms with Gasteiger partial charge in [-0.2, -0.15) is 5.10 Å². The fourth-order valence-electron chi connectivity index (χ4n) is 1.60. The van der Waals surface area contributed by atoms with Gasteiger partial charge in [-0.25, -0.2) is 5.43 Å². The molecule has 108 valence electrons. The van der Waals surface area contributed by atoms with Gasteiger partial charge in [0.15, 0.2) is 0 Å². The van der Waals surface area contributed by atoms with Crippen LogP contribution >= 0.6 is 0 Å². The van der Waals surface area contributed by atoms with Crippen LogP contribution in [-0.2, 0) is 0 Å². The molecule has 0 aliphatic carbocycles. The van der Waals surface area contributed by atoms with Gasteiger partial charge in [0, 0.05) is 18.0 Å². The van der Waals surface area contributed by atoms with Crippen molar-refractivity contribution in [3.05, 3.63) is 59.9 Å². The number of benzene rings is 1. The fraction of sp³-hybridized carbons (Fsp3) is 0.188. The zero-order valence-electron chi connectivity index (χ0n) is 11.8. The Morgan fingerprint density at radius 3 is 2.62 bits per heavy atom. The Bertz CT molecular complexity index is 595. The van der Waals surface area contributed by atoms with Crippen molar-refractivity contribution < 1.29 is 9.53 Å². The van der Waals surface area contributed by atoms with E-state index in [0.717, 1.165) is 17.7 Å². The first-order valence-corrected chi connectivity index (χ1v) is 6.76. The minimum atomic E-state index is -0.267. The van der Waals surface area contributed by atoms with Gasteiger partial charge in [-0.15, -0.1) is 0 Å². The second-order valence-electron chi connectivity index (χ2n) is 4.35. The highest BCUT2D eigenvalue weighted by molar-refractivity contribution is 5.94. The topological polar surface area (TPSA) is 63.6 Å². The monoisotopic (exact) mass is 283 g/mol. The molecule has 0 atom stereocenters. The lowest BCUT2D eigenvalue weighted by molar-refractivity contribution is 0.0955. The lowest BCUT2D eigenvalue weighted by Gasteiger charge is -2.03. The number of hydrazone groups is 1. The van der Waals surface area contributed by atoms with Gasteiger partial charge < -0.3 is 4.74 Å². The predicted octanol–water partition coefficient (Wildman–Crippen LogP) is 2.63. The zero-order valence-corrected chi connectivity index (χ0v) is 11.8. The number of nitrogens with zero attached hydrogens (tertiary/aromatic N) is 2. The number of nitrogens with one attached hydrogen (secondary N) is 1. The average molecular weight is 283 g/mol. The Labute approximate surface area is 123 Å². The number of carbonyl (C=O) groups is 1. The van der Waals surface area contributed by atoms with Crippen molar-refractivity contribution in [1.82, 2.24) is 10.4 Å². The van der Waals surface area contributed by atoms with Crippen LogP contribution < -0.4 is 10.2 Å². The van der Waals surface area contributed by atoms with Crippen molar-refractivity contribution in [2.45, 2.75) is 13.3 Å². The van der Waals surface area contributed by atoms with Gasteiger partial charge in [-0.05, 0) is 48.4 Å². The SMILES string of the molecule is CCCOc1ccc(/C=N\NC(=O)c2ccncc2)cc1. The van der Waals surface area contributed by atoms with E-state index in [1.165, 1.54) is 0 Å². The van der Waals surface area contributed by atoms with Crippen LogP contribution in [-0.4, -0.2) is 23.7 Å². The second-order valence-corrected chi connectivity index (χ2v) is 4.35. The Morgan fingerprint density at radius 1 is 1.24 bits per heavy atom. The first-order chi connectivity index (χ1) is 10.3. The second kappa shape index (κ2) is 7.79. The molecule has 0 saturated heterocycles. The summed E-state index contributed by atoms with van der Waals surface area (Å²) in [6, 6.07) is 10.8. The molecule has 1 heterocycles. The Hall–Kier alpha value is -2.69. The van der Waals surface area contributed by atoms with Crippen LogP contribution in [0.3, 0.4) is 0 Å². The van der Waals surface area contributed by atoms with Crippen LogP contribution in [0.2, 0.25) is 0 Å². The molecule has 0 radical (unpaired) electrons. The number of rotatable bonds is 6. The third kappa shape index (κ3) is 4.72. The van der Waals surface area contributed by atoms with Crippen LogP contribution in [0, 0.1) is 0 Å². The zero-order chi connectivity index (χ0) is 14.9. The van der Waals surface area contributed by atoms with E-state index in [9.17, 15) is 4.79 Å². The summed E-state index contributed by atoms with van der Waals surface area (Å²) in [7, 11) is 0. The Balaban J connectivity index is 1.88. The summed E-state index contributed by atoms with van der Waals surface area (Å²) < 4.78 is 5.49. The third-order valence-corrected chi connectivity index (χ3v) is 2.68. The van der Waals surface area contributed by atoms with E-state index in [1.807, 2.05) is 24.3 Å². The van der Waals surface area contributed by atoms with E-state index in [-0.39, 0.29) is 5.91 Å². The highest BCUT2D eigenvalue weighted by Crippen LogP contribution is 2.11. The normalized spacial score (nSPS) is 10.5. The summed E-state index contributed by atoms with van der Waals surface area (Å²) in [5.74, 6) is 0.561. The summed E-state index contributed by atoms with van der Waals surface area (Å²) >= 11 is 0. The molecular weight excluding hydrogens is 266 g/mol. The van der Waals surface area contributed by atoms with E-state index in [4.69, 9.17) is 4.74 Å². The molecule has 1 N–H and O–H groups in total. The number of carbonyl (C=O) groups excluding carboxylic acids is 1. The Morgan fingerprint density at radius 2 is 1.95 bits per heavy atom. The van der Waals surface area contributed by atoms with Gasteiger partial charge >= 0.3 is 0 Å². The molecule has 0 bridgehead atoms. The van der Waals surface area contributed by atoms with Crippen molar-refractivity contribution >= 4 is 12.1 Å². The van der Waals surface area contributed by atoms with Gasteiger partial charge in [0.05, 0.1) is 12.8 Å². The van der Waals surface area contributed by atoms with Crippen molar-refractivity contribution in [3.8, 4) is 5.75 Å². The van der Waals surface area contributed by atoms with E-state index in [1.54, 1.807) is 30.7 Å². The number of aromatic nitrogens is 1. The van der Waals surface area contributed by atoms with Crippen molar-refractivity contribution in [2.75, 3.05) is 6.61 Å². The van der Waals surface area contributed by atoms with E-state index >= 15 is 0 Å². The number of hydrogen-bond acceptors (Lipinski definition) is 4. The van der Waals surface area contributed by atoms with E-state index < -0.39 is 0 Å². The van der Waals surface area contributed by atoms with Crippen molar-refractivity contribution in [3.63, 3.8) is 0 Å². The number of amides is 1. The molecule has 2 rings (SSSR count). The smallest absolute Gasteiger partial charge is 0.271 e. The highest BCUT2D eigenvalue weighted by atomic mass is 16.5. The maximum Gasteiger partial charge on any atom is 0.271 e. The van der Waals surface area contributed by atoms with Gasteiger partial charge in [0.25, 0.3) is 5.91 Å². The summed E-state index contributed by atoms with van der Waals surface area (Å²) in [4.78, 5) is 15.6. The minimum Gasteiger partial charge on any atom is -0.494 e. The molecule has 1 aromatic carbocycles. The van der Waals surface area contributed by atoms with Gasteiger partial charge in [-0.3, -0.25) is 9.78 Å². The molecule has 5 nitrogen and oxygen atoms in total. The third-order valence-electron chi connectivity index (χ3n) is 2.68. The molecule has 0 spiro atoms. The maximum absolute atomic E-state index is 11.7. The number of pyridine rings is 1. The molecule has 0 fully saturated rings. The largest absolute Gasteiger partial charge is 0.494 e. The summed E-state index contributed by atoms with van der Waals surface area (Å²) in [6.07, 6.45) is 5.69. The molecule has 0 aliphatic heterocycles. The van der Waals surface area contributed by atoms with Gasteiger partial charge in [0.2, 0.25) is 0 Å². The van der Waals surface area contributed by atoms with Crippen LogP contribution in [0.25, 0.3) is 0 Å². The first-order valence-electron chi connectivity index (χ1n) is 6.76. The van der Waals surface area contributed by atoms with Crippen molar-refractivity contribution in [1.29, 1.82) is 0 Å². The quantitative estimate of drug-likeness (QED) is 0.654. The van der Waals surface area contributed by atoms with Gasteiger partial charge in [0.1, 0.15) is 5.75 Å². The standard InChI is InChI=1S/C16H17N3O2/c1-2-11-21-15-5-3-13(4-6-15)12-18-19-16(20)14-7-9-17-10-8-14/h3-10,12H,2,11H2,1H3,(H,19,20)/b18-12-. The maximum atomic E-state index is 11.7. The molecule has 0 saturated carbocycles. The Kier molecular flexibility index (Phi) is 5.46. The molecule has 2 aromatic rings. The van der Waals surface area contributed by atoms with Gasteiger partial charge in [-0.1, -0.05) is 6.92 Å². The minimum absolute atomic E-state index is 0.267. The van der Waals surface area contributed by atoms with Crippen LogP contribution in [0.1, 0.15) is 29.3 Å². The molecule has 1 amide bonds. The lowest BCUT2D eigenvalue weighted by atomic mass is 10.2. The van der Waals surface area contributed by atoms with Crippen LogP contribution in [0.15, 0.2) is 53.9 Å². The number of hydrogen-bond donors (Lipinski definition) is 1. The molecule has 0 unspecified atom stereocenters. The summed E-state index contributed by atoms with van der Waals surface area (Å²) in [5.41, 5.74) is 3.87. The van der Waals surface area contributed by atoms with E-state index in [2.05, 4.69) is 22.4 Å². The molecule has 0 aliphatic rings. The van der Waals surface area contributed by atoms with Crippen LogP contribution in [0.4, 0.5) is 0 Å². The summed E-state index contributed by atoms with van der Waals surface area (Å²) in [6.45, 7) is 2.77. The fourth-order valence-corrected chi connectivity index (χ4v) is 1.60. The molecular formula is C16H17N3O2. The molecule has 1 aromatic heterocycles. The highest BCUT2D eigenvalue weighted by Gasteiger charge is 2.01. The lowest BCUT2D eigenvalue weighted by Crippen LogP contribution is -2.17. The number of ether oxygens (including phenoxy) is 1. The van der Waals surface area contributed by atoms with Crippen LogP contribution in [0.5, 0.6) is 5.75 Å². The van der Waals surface area contributed by atoms with E-state index in [0.29, 0.717) is 12.2 Å². The molecule has 21 heavy (non-hydrogen) atoms. The first kappa shape index (κ1) is 14.7. The molecule has 5 heteroatoms. The predicted molar refractivity (Wildman–Crippen MR) is 81.5 cm³/mol. The average Bonchev–Trinajstić information content (AvgIpc) is 2.55.